The summed E-state index contributed by atoms with van der Waals surface area (Å²) in [6, 6.07) is 10.3. The molecule has 0 fully saturated rings. The van der Waals surface area contributed by atoms with Crippen molar-refractivity contribution in [3.63, 3.8) is 0 Å². The maximum Gasteiger partial charge on any atom is 0.128 e. The molecular weight excluding hydrogens is 280 g/mol. The molecule has 0 spiro atoms. The van der Waals surface area contributed by atoms with Crippen LogP contribution in [0, 0.1) is 0 Å². The van der Waals surface area contributed by atoms with Gasteiger partial charge in [0.2, 0.25) is 0 Å². The molecule has 0 unspecified atom stereocenters. The Bertz CT molecular complexity index is 520. The molecule has 0 aliphatic heterocycles. The van der Waals surface area contributed by atoms with E-state index in [0.717, 1.165) is 56.0 Å². The Morgan fingerprint density at radius 1 is 0.952 bits per heavy atom. The zero-order chi connectivity index (χ0) is 14.9. The number of unbranched alkanes of at least 4 members (excludes halogenated alkanes) is 2. The third-order valence-corrected chi connectivity index (χ3v) is 4.16. The second kappa shape index (κ2) is 8.73. The Morgan fingerprint density at radius 2 is 1.71 bits per heavy atom. The summed E-state index contributed by atoms with van der Waals surface area (Å²) in [5.74, 6) is 1.88. The van der Waals surface area contributed by atoms with Gasteiger partial charge in [-0.3, -0.25) is 0 Å². The molecule has 0 amide bonds. The molecular formula is C18H24O2S. The number of thiophene rings is 1. The molecule has 3 heteroatoms. The molecule has 21 heavy (non-hydrogen) atoms. The normalized spacial score (nSPS) is 10.6. The van der Waals surface area contributed by atoms with Crippen LogP contribution in [0.1, 0.15) is 39.5 Å². The van der Waals surface area contributed by atoms with E-state index in [4.69, 9.17) is 9.47 Å². The molecule has 0 aliphatic rings. The molecule has 2 nitrogen and oxygen atoms in total. The molecule has 0 atom stereocenters. The third kappa shape index (κ3) is 4.78. The van der Waals surface area contributed by atoms with Crippen molar-refractivity contribution in [2.24, 2.45) is 0 Å². The lowest BCUT2D eigenvalue weighted by molar-refractivity contribution is 0.302. The first-order valence-corrected chi connectivity index (χ1v) is 8.66. The largest absolute Gasteiger partial charge is 0.494 e. The van der Waals surface area contributed by atoms with Gasteiger partial charge < -0.3 is 9.47 Å². The quantitative estimate of drug-likeness (QED) is 0.547. The summed E-state index contributed by atoms with van der Waals surface area (Å²) < 4.78 is 11.7. The van der Waals surface area contributed by atoms with E-state index in [2.05, 4.69) is 37.4 Å². The lowest BCUT2D eigenvalue weighted by Crippen LogP contribution is -2.00. The average molecular weight is 304 g/mol. The van der Waals surface area contributed by atoms with Crippen LogP contribution in [0.4, 0.5) is 0 Å². The van der Waals surface area contributed by atoms with Gasteiger partial charge in [-0.2, -0.15) is 0 Å². The van der Waals surface area contributed by atoms with Crippen LogP contribution in [0.15, 0.2) is 35.7 Å². The summed E-state index contributed by atoms with van der Waals surface area (Å²) in [4.78, 5) is 1.22. The van der Waals surface area contributed by atoms with Crippen LogP contribution in [0.5, 0.6) is 11.5 Å². The van der Waals surface area contributed by atoms with Crippen LogP contribution in [0.25, 0.3) is 10.4 Å². The number of hydrogen-bond acceptors (Lipinski definition) is 3. The zero-order valence-electron chi connectivity index (χ0n) is 12.9. The van der Waals surface area contributed by atoms with E-state index in [1.165, 1.54) is 4.88 Å². The fourth-order valence-corrected chi connectivity index (χ4v) is 2.76. The Balaban J connectivity index is 2.16. The predicted molar refractivity (Wildman–Crippen MR) is 90.6 cm³/mol. The summed E-state index contributed by atoms with van der Waals surface area (Å²) in [6.45, 7) is 5.89. The van der Waals surface area contributed by atoms with Gasteiger partial charge in [0.15, 0.2) is 0 Å². The first-order chi connectivity index (χ1) is 10.3. The molecule has 1 heterocycles. The van der Waals surface area contributed by atoms with Crippen LogP contribution in [0.3, 0.4) is 0 Å². The topological polar surface area (TPSA) is 18.5 Å². The maximum atomic E-state index is 5.93. The molecule has 2 rings (SSSR count). The summed E-state index contributed by atoms with van der Waals surface area (Å²) in [7, 11) is 0. The van der Waals surface area contributed by atoms with Gasteiger partial charge in [0, 0.05) is 10.4 Å². The summed E-state index contributed by atoms with van der Waals surface area (Å²) in [5, 5.41) is 2.09. The molecule has 1 aromatic carbocycles. The van der Waals surface area contributed by atoms with E-state index in [-0.39, 0.29) is 0 Å². The Labute approximate surface area is 131 Å². The van der Waals surface area contributed by atoms with Crippen molar-refractivity contribution < 1.29 is 9.47 Å². The fraction of sp³-hybridized carbons (Fsp3) is 0.444. The third-order valence-electron chi connectivity index (χ3n) is 3.26. The van der Waals surface area contributed by atoms with Gasteiger partial charge in [-0.15, -0.1) is 11.3 Å². The standard InChI is InChI=1S/C18H24O2S/c1-3-5-11-19-15-9-10-17(20-12-6-4-2)16(14-15)18-8-7-13-21-18/h7-10,13-14H,3-6,11-12H2,1-2H3. The van der Waals surface area contributed by atoms with Gasteiger partial charge in [0.1, 0.15) is 11.5 Å². The fourth-order valence-electron chi connectivity index (χ4n) is 2.01. The summed E-state index contributed by atoms with van der Waals surface area (Å²) in [5.41, 5.74) is 1.13. The van der Waals surface area contributed by atoms with E-state index in [1.807, 2.05) is 12.1 Å². The van der Waals surface area contributed by atoms with Crippen LogP contribution >= 0.6 is 11.3 Å². The Kier molecular flexibility index (Phi) is 6.61. The summed E-state index contributed by atoms with van der Waals surface area (Å²) in [6.07, 6.45) is 4.46. The highest BCUT2D eigenvalue weighted by molar-refractivity contribution is 7.13. The van der Waals surface area contributed by atoms with E-state index in [1.54, 1.807) is 11.3 Å². The van der Waals surface area contributed by atoms with Crippen molar-refractivity contribution in [1.29, 1.82) is 0 Å². The van der Waals surface area contributed by atoms with E-state index in [0.29, 0.717) is 0 Å². The van der Waals surface area contributed by atoms with Crippen LogP contribution in [-0.2, 0) is 0 Å². The second-order valence-corrected chi connectivity index (χ2v) is 5.99. The molecule has 0 radical (unpaired) electrons. The van der Waals surface area contributed by atoms with Gasteiger partial charge in [0.05, 0.1) is 13.2 Å². The molecule has 1 aromatic heterocycles. The highest BCUT2D eigenvalue weighted by Crippen LogP contribution is 2.36. The lowest BCUT2D eigenvalue weighted by atomic mass is 10.1. The monoisotopic (exact) mass is 304 g/mol. The Hall–Kier alpha value is -1.48. The SMILES string of the molecule is CCCCOc1ccc(OCCCC)c(-c2cccs2)c1. The first-order valence-electron chi connectivity index (χ1n) is 7.78. The maximum absolute atomic E-state index is 5.93. The molecule has 2 aromatic rings. The minimum absolute atomic E-state index is 0.769. The van der Waals surface area contributed by atoms with Crippen molar-refractivity contribution in [2.75, 3.05) is 13.2 Å². The number of ether oxygens (including phenoxy) is 2. The van der Waals surface area contributed by atoms with Gasteiger partial charge in [-0.05, 0) is 42.5 Å². The van der Waals surface area contributed by atoms with Crippen molar-refractivity contribution in [1.82, 2.24) is 0 Å². The molecule has 0 saturated heterocycles. The minimum Gasteiger partial charge on any atom is -0.494 e. The van der Waals surface area contributed by atoms with Gasteiger partial charge in [-0.25, -0.2) is 0 Å². The van der Waals surface area contributed by atoms with Crippen molar-refractivity contribution >= 4 is 11.3 Å². The highest BCUT2D eigenvalue weighted by atomic mass is 32.1. The minimum atomic E-state index is 0.769. The van der Waals surface area contributed by atoms with Crippen LogP contribution in [-0.4, -0.2) is 13.2 Å². The molecule has 0 bridgehead atoms. The van der Waals surface area contributed by atoms with E-state index in [9.17, 15) is 0 Å². The van der Waals surface area contributed by atoms with Crippen LogP contribution < -0.4 is 9.47 Å². The van der Waals surface area contributed by atoms with Crippen molar-refractivity contribution in [3.8, 4) is 21.9 Å². The smallest absolute Gasteiger partial charge is 0.128 e. The second-order valence-electron chi connectivity index (χ2n) is 5.04. The average Bonchev–Trinajstić information content (AvgIpc) is 3.03. The van der Waals surface area contributed by atoms with Crippen LogP contribution in [0.2, 0.25) is 0 Å². The predicted octanol–water partition coefficient (Wildman–Crippen LogP) is 5.77. The zero-order valence-corrected chi connectivity index (χ0v) is 13.7. The first kappa shape index (κ1) is 15.9. The van der Waals surface area contributed by atoms with Crippen molar-refractivity contribution in [3.05, 3.63) is 35.7 Å². The van der Waals surface area contributed by atoms with Gasteiger partial charge >= 0.3 is 0 Å². The van der Waals surface area contributed by atoms with Gasteiger partial charge in [-0.1, -0.05) is 32.8 Å². The van der Waals surface area contributed by atoms with Crippen molar-refractivity contribution in [2.45, 2.75) is 39.5 Å². The highest BCUT2D eigenvalue weighted by Gasteiger charge is 2.09. The molecule has 0 aliphatic carbocycles. The molecule has 0 saturated carbocycles. The molecule has 0 N–H and O–H groups in total. The number of rotatable bonds is 9. The lowest BCUT2D eigenvalue weighted by Gasteiger charge is -2.13. The number of hydrogen-bond donors (Lipinski definition) is 0. The van der Waals surface area contributed by atoms with E-state index >= 15 is 0 Å². The van der Waals surface area contributed by atoms with E-state index < -0.39 is 0 Å². The summed E-state index contributed by atoms with van der Waals surface area (Å²) >= 11 is 1.73. The molecule has 114 valence electrons. The number of benzene rings is 1. The van der Waals surface area contributed by atoms with Gasteiger partial charge in [0.25, 0.3) is 0 Å². The Morgan fingerprint density at radius 3 is 2.38 bits per heavy atom.